The Morgan fingerprint density at radius 1 is 1.17 bits per heavy atom. The Bertz CT molecular complexity index is 899. The summed E-state index contributed by atoms with van der Waals surface area (Å²) in [6.07, 6.45) is -1.99. The molecule has 2 aromatic carbocycles. The molecule has 0 aliphatic carbocycles. The maximum absolute atomic E-state index is 13.6. The number of carboxylic acids is 1. The van der Waals surface area contributed by atoms with Gasteiger partial charge in [-0.3, -0.25) is 4.79 Å². The molecule has 6 nitrogen and oxygen atoms in total. The molecule has 1 unspecified atom stereocenters. The summed E-state index contributed by atoms with van der Waals surface area (Å²) < 4.78 is 36.0. The maximum Gasteiger partial charge on any atom is 0.513 e. The van der Waals surface area contributed by atoms with Gasteiger partial charge in [0.15, 0.2) is 0 Å². The largest absolute Gasteiger partial charge is 0.513 e. The van der Waals surface area contributed by atoms with Crippen LogP contribution in [0, 0.1) is 26.6 Å². The van der Waals surface area contributed by atoms with Crippen LogP contribution in [0.15, 0.2) is 30.3 Å². The van der Waals surface area contributed by atoms with Crippen molar-refractivity contribution in [1.82, 2.24) is 0 Å². The van der Waals surface area contributed by atoms with E-state index in [2.05, 4.69) is 0 Å². The molecule has 2 rings (SSSR count). The van der Waals surface area contributed by atoms with E-state index in [0.29, 0.717) is 5.56 Å². The minimum absolute atomic E-state index is 0.193. The van der Waals surface area contributed by atoms with E-state index in [0.717, 1.165) is 27.8 Å². The Labute approximate surface area is 170 Å². The summed E-state index contributed by atoms with van der Waals surface area (Å²) in [6, 6.07) is 8.95. The lowest BCUT2D eigenvalue weighted by Crippen LogP contribution is -2.15. The van der Waals surface area contributed by atoms with Gasteiger partial charge in [-0.15, -0.1) is 4.52 Å². The normalized spacial score (nSPS) is 12.7. The first-order valence-electron chi connectivity index (χ1n) is 9.09. The van der Waals surface area contributed by atoms with Gasteiger partial charge in [0.1, 0.15) is 11.9 Å². The molecule has 0 radical (unpaired) electrons. The zero-order valence-electron chi connectivity index (χ0n) is 16.6. The standard InChI is InChI=1S/C21H24FO6P/c1-13-6-14(2)19(18(7-13)16-4-5-20(22)15(3)8-16)10-27-12-28-29(26)11-17(23)9-21(24)25/h4-8,17,23H,9-12H2,1-3H3/p+1/t17-/m0/s1. The van der Waals surface area contributed by atoms with Crippen LogP contribution in [0.4, 0.5) is 4.39 Å². The fourth-order valence-corrected chi connectivity index (χ4v) is 3.76. The summed E-state index contributed by atoms with van der Waals surface area (Å²) in [6.45, 7) is 5.58. The van der Waals surface area contributed by atoms with E-state index >= 15 is 0 Å². The molecule has 0 saturated carbocycles. The van der Waals surface area contributed by atoms with Crippen molar-refractivity contribution in [3.05, 3.63) is 58.4 Å². The van der Waals surface area contributed by atoms with Gasteiger partial charge >= 0.3 is 14.0 Å². The molecule has 2 N–H and O–H groups in total. The van der Waals surface area contributed by atoms with Crippen LogP contribution >= 0.6 is 8.03 Å². The molecule has 0 aliphatic heterocycles. The van der Waals surface area contributed by atoms with Crippen molar-refractivity contribution in [2.45, 2.75) is 39.9 Å². The van der Waals surface area contributed by atoms with Crippen molar-refractivity contribution in [2.24, 2.45) is 0 Å². The highest BCUT2D eigenvalue weighted by Gasteiger charge is 2.25. The fraction of sp³-hybridized carbons (Fsp3) is 0.381. The number of hydrogen-bond donors (Lipinski definition) is 2. The molecule has 2 aromatic rings. The van der Waals surface area contributed by atoms with Gasteiger partial charge in [-0.1, -0.05) is 23.8 Å². The Morgan fingerprint density at radius 2 is 1.90 bits per heavy atom. The SMILES string of the molecule is Cc1cc(C)c(COCO[P+](=O)C[C@@H](O)CC(=O)O)c(-c2ccc(F)c(C)c2)c1. The summed E-state index contributed by atoms with van der Waals surface area (Å²) >= 11 is 0. The second-order valence-corrected chi connectivity index (χ2v) is 8.22. The lowest BCUT2D eigenvalue weighted by Gasteiger charge is -2.15. The summed E-state index contributed by atoms with van der Waals surface area (Å²) in [5, 5.41) is 18.1. The maximum atomic E-state index is 13.6. The third-order valence-corrected chi connectivity index (χ3v) is 5.50. The topological polar surface area (TPSA) is 93.1 Å². The van der Waals surface area contributed by atoms with E-state index in [1.54, 1.807) is 19.1 Å². The number of rotatable bonds is 10. The Hall–Kier alpha value is -2.18. The molecular weight excluding hydrogens is 398 g/mol. The molecule has 0 saturated heterocycles. The van der Waals surface area contributed by atoms with Gasteiger partial charge < -0.3 is 14.9 Å². The number of ether oxygens (including phenoxy) is 1. The van der Waals surface area contributed by atoms with Crippen molar-refractivity contribution < 1.29 is 33.2 Å². The van der Waals surface area contributed by atoms with E-state index < -0.39 is 26.5 Å². The predicted octanol–water partition coefficient (Wildman–Crippen LogP) is 4.49. The first-order valence-corrected chi connectivity index (χ1v) is 10.5. The van der Waals surface area contributed by atoms with Gasteiger partial charge in [-0.25, -0.2) is 4.39 Å². The van der Waals surface area contributed by atoms with Gasteiger partial charge in [-0.05, 0) is 65.3 Å². The highest BCUT2D eigenvalue weighted by molar-refractivity contribution is 7.39. The smallest absolute Gasteiger partial charge is 0.481 e. The summed E-state index contributed by atoms with van der Waals surface area (Å²) in [4.78, 5) is 10.5. The molecule has 0 aromatic heterocycles. The average Bonchev–Trinajstić information content (AvgIpc) is 2.61. The van der Waals surface area contributed by atoms with Crippen LogP contribution < -0.4 is 0 Å². The van der Waals surface area contributed by atoms with Crippen LogP contribution in [0.1, 0.15) is 28.7 Å². The van der Waals surface area contributed by atoms with Crippen molar-refractivity contribution in [3.8, 4) is 11.1 Å². The van der Waals surface area contributed by atoms with Crippen molar-refractivity contribution >= 4 is 14.0 Å². The second-order valence-electron chi connectivity index (χ2n) is 6.93. The highest BCUT2D eigenvalue weighted by Crippen LogP contribution is 2.30. The first kappa shape index (κ1) is 23.1. The number of carbonyl (C=O) groups is 1. The van der Waals surface area contributed by atoms with Gasteiger partial charge in [0.25, 0.3) is 0 Å². The summed E-state index contributed by atoms with van der Waals surface area (Å²) in [7, 11) is -2.23. The van der Waals surface area contributed by atoms with Gasteiger partial charge in [0.2, 0.25) is 13.0 Å². The van der Waals surface area contributed by atoms with Crippen molar-refractivity contribution in [2.75, 3.05) is 13.0 Å². The van der Waals surface area contributed by atoms with E-state index in [9.17, 15) is 18.9 Å². The predicted molar refractivity (Wildman–Crippen MR) is 108 cm³/mol. The van der Waals surface area contributed by atoms with E-state index in [-0.39, 0.29) is 25.4 Å². The molecule has 2 atom stereocenters. The highest BCUT2D eigenvalue weighted by atomic mass is 31.1. The first-order chi connectivity index (χ1) is 13.7. The van der Waals surface area contributed by atoms with Crippen LogP contribution in [0.3, 0.4) is 0 Å². The van der Waals surface area contributed by atoms with Crippen LogP contribution in [0.2, 0.25) is 0 Å². The molecule has 0 aliphatic rings. The van der Waals surface area contributed by atoms with Gasteiger partial charge in [-0.2, -0.15) is 0 Å². The van der Waals surface area contributed by atoms with Crippen LogP contribution in [0.25, 0.3) is 11.1 Å². The van der Waals surface area contributed by atoms with Crippen molar-refractivity contribution in [1.29, 1.82) is 0 Å². The molecular formula is C21H25FO6P+. The number of hydrogen-bond acceptors (Lipinski definition) is 5. The summed E-state index contributed by atoms with van der Waals surface area (Å²) in [5.74, 6) is -1.44. The number of aliphatic hydroxyl groups is 1. The second kappa shape index (κ2) is 10.6. The van der Waals surface area contributed by atoms with Crippen LogP contribution in [-0.2, 0) is 25.2 Å². The minimum atomic E-state index is -2.23. The number of aliphatic hydroxyl groups excluding tert-OH is 1. The van der Waals surface area contributed by atoms with Crippen molar-refractivity contribution in [3.63, 3.8) is 0 Å². The van der Waals surface area contributed by atoms with E-state index in [1.165, 1.54) is 6.07 Å². The molecule has 8 heteroatoms. The molecule has 156 valence electrons. The Morgan fingerprint density at radius 3 is 2.55 bits per heavy atom. The number of aliphatic carboxylic acids is 1. The quantitative estimate of drug-likeness (QED) is 0.332. The fourth-order valence-electron chi connectivity index (χ4n) is 2.99. The Kier molecular flexibility index (Phi) is 8.41. The number of carboxylic acid groups (broad SMARTS) is 1. The van der Waals surface area contributed by atoms with Gasteiger partial charge in [0, 0.05) is 0 Å². The van der Waals surface area contributed by atoms with Crippen LogP contribution in [0.5, 0.6) is 0 Å². The van der Waals surface area contributed by atoms with Crippen LogP contribution in [-0.4, -0.2) is 35.2 Å². The van der Waals surface area contributed by atoms with E-state index in [1.807, 2.05) is 26.0 Å². The monoisotopic (exact) mass is 423 g/mol. The minimum Gasteiger partial charge on any atom is -0.481 e. The molecule has 0 spiro atoms. The number of benzene rings is 2. The molecule has 0 heterocycles. The number of halogens is 1. The molecule has 0 bridgehead atoms. The molecule has 0 amide bonds. The molecule has 29 heavy (non-hydrogen) atoms. The summed E-state index contributed by atoms with van der Waals surface area (Å²) in [5.41, 5.74) is 5.32. The van der Waals surface area contributed by atoms with Gasteiger partial charge in [0.05, 0.1) is 13.0 Å². The third-order valence-electron chi connectivity index (χ3n) is 4.38. The molecule has 0 fully saturated rings. The van der Waals surface area contributed by atoms with E-state index in [4.69, 9.17) is 14.4 Å². The zero-order valence-corrected chi connectivity index (χ0v) is 17.5. The lowest BCUT2D eigenvalue weighted by atomic mass is 9.93. The third kappa shape index (κ3) is 6.98. The Balaban J connectivity index is 2.03. The average molecular weight is 423 g/mol. The number of aryl methyl sites for hydroxylation is 3. The zero-order chi connectivity index (χ0) is 21.6. The lowest BCUT2D eigenvalue weighted by molar-refractivity contribution is -0.138.